The number of halogens is 2. The first-order chi connectivity index (χ1) is 8.12. The van der Waals surface area contributed by atoms with Crippen molar-refractivity contribution in [2.75, 3.05) is 24.9 Å². The van der Waals surface area contributed by atoms with Crippen molar-refractivity contribution in [1.29, 1.82) is 0 Å². The quantitative estimate of drug-likeness (QED) is 0.848. The number of hydrogen-bond donors (Lipinski definition) is 1. The first-order valence-electron chi connectivity index (χ1n) is 4.89. The number of benzene rings is 1. The fourth-order valence-electron chi connectivity index (χ4n) is 1.26. The molecule has 0 aliphatic rings. The van der Waals surface area contributed by atoms with Crippen molar-refractivity contribution in [2.45, 2.75) is 6.42 Å². The van der Waals surface area contributed by atoms with Gasteiger partial charge in [-0.25, -0.2) is 0 Å². The molecule has 17 heavy (non-hydrogen) atoms. The van der Waals surface area contributed by atoms with Crippen LogP contribution in [0.4, 0.5) is 5.69 Å². The molecule has 1 rings (SSSR count). The van der Waals surface area contributed by atoms with E-state index in [9.17, 15) is 4.79 Å². The number of anilines is 1. The van der Waals surface area contributed by atoms with E-state index >= 15 is 0 Å². The maximum Gasteiger partial charge on any atom is 0.225 e. The molecule has 0 aliphatic heterocycles. The summed E-state index contributed by atoms with van der Waals surface area (Å²) in [6, 6.07) is 3.23. The Bertz CT molecular complexity index is 412. The molecular weight excluding hydrogens is 309 g/mol. The number of carbonyl (C=O) groups is 1. The minimum Gasteiger partial charge on any atom is -0.495 e. The summed E-state index contributed by atoms with van der Waals surface area (Å²) in [5, 5.41) is 3.77. The molecule has 94 valence electrons. The van der Waals surface area contributed by atoms with Gasteiger partial charge in [-0.3, -0.25) is 4.79 Å². The van der Waals surface area contributed by atoms with Crippen LogP contribution >= 0.6 is 27.5 Å². The van der Waals surface area contributed by atoms with Gasteiger partial charge in [0.15, 0.2) is 0 Å². The summed E-state index contributed by atoms with van der Waals surface area (Å²) in [5.74, 6) is 0.880. The van der Waals surface area contributed by atoms with E-state index in [0.29, 0.717) is 34.0 Å². The van der Waals surface area contributed by atoms with Gasteiger partial charge in [-0.05, 0) is 0 Å². The zero-order valence-corrected chi connectivity index (χ0v) is 11.9. The van der Waals surface area contributed by atoms with Gasteiger partial charge >= 0.3 is 0 Å². The number of nitrogens with one attached hydrogen (secondary N) is 1. The smallest absolute Gasteiger partial charge is 0.225 e. The highest BCUT2D eigenvalue weighted by molar-refractivity contribution is 9.09. The monoisotopic (exact) mass is 321 g/mol. The molecule has 0 aromatic heterocycles. The van der Waals surface area contributed by atoms with Crippen LogP contribution in [-0.4, -0.2) is 25.5 Å². The van der Waals surface area contributed by atoms with Gasteiger partial charge in [0.1, 0.15) is 11.5 Å². The first-order valence-corrected chi connectivity index (χ1v) is 6.39. The predicted molar refractivity (Wildman–Crippen MR) is 71.6 cm³/mol. The van der Waals surface area contributed by atoms with Crippen molar-refractivity contribution in [3.05, 3.63) is 17.2 Å². The van der Waals surface area contributed by atoms with Crippen LogP contribution < -0.4 is 14.8 Å². The van der Waals surface area contributed by atoms with Crippen molar-refractivity contribution in [3.63, 3.8) is 0 Å². The molecule has 1 aromatic rings. The van der Waals surface area contributed by atoms with E-state index in [1.165, 1.54) is 14.2 Å². The summed E-state index contributed by atoms with van der Waals surface area (Å²) in [6.45, 7) is 0. The molecule has 0 saturated carbocycles. The van der Waals surface area contributed by atoms with Gasteiger partial charge in [0.25, 0.3) is 0 Å². The molecule has 4 nitrogen and oxygen atoms in total. The number of carbonyl (C=O) groups excluding carboxylic acids is 1. The third-order valence-electron chi connectivity index (χ3n) is 2.07. The van der Waals surface area contributed by atoms with Crippen molar-refractivity contribution in [2.24, 2.45) is 0 Å². The molecule has 1 amide bonds. The summed E-state index contributed by atoms with van der Waals surface area (Å²) in [4.78, 5) is 11.5. The van der Waals surface area contributed by atoms with Gasteiger partial charge in [0.2, 0.25) is 5.91 Å². The molecule has 0 spiro atoms. The van der Waals surface area contributed by atoms with Gasteiger partial charge < -0.3 is 14.8 Å². The van der Waals surface area contributed by atoms with Crippen molar-refractivity contribution in [3.8, 4) is 11.5 Å². The second-order valence-corrected chi connectivity index (χ2v) is 4.37. The Morgan fingerprint density at radius 3 is 2.53 bits per heavy atom. The Labute approximate surface area is 113 Å². The molecule has 0 radical (unpaired) electrons. The second kappa shape index (κ2) is 6.71. The number of amides is 1. The third kappa shape index (κ3) is 3.78. The highest BCUT2D eigenvalue weighted by Gasteiger charge is 2.11. The van der Waals surface area contributed by atoms with Crippen LogP contribution in [0.5, 0.6) is 11.5 Å². The van der Waals surface area contributed by atoms with Crippen molar-refractivity contribution >= 4 is 39.1 Å². The summed E-state index contributed by atoms with van der Waals surface area (Å²) in [7, 11) is 3.02. The molecule has 6 heteroatoms. The van der Waals surface area contributed by atoms with Crippen LogP contribution in [0.25, 0.3) is 0 Å². The largest absolute Gasteiger partial charge is 0.495 e. The molecule has 0 aliphatic carbocycles. The minimum absolute atomic E-state index is 0.107. The molecule has 1 aromatic carbocycles. The number of ether oxygens (including phenoxy) is 2. The van der Waals surface area contributed by atoms with Crippen LogP contribution in [0.2, 0.25) is 5.02 Å². The van der Waals surface area contributed by atoms with Crippen LogP contribution in [-0.2, 0) is 4.79 Å². The first kappa shape index (κ1) is 14.1. The zero-order chi connectivity index (χ0) is 12.8. The lowest BCUT2D eigenvalue weighted by Crippen LogP contribution is -2.12. The summed E-state index contributed by atoms with van der Waals surface area (Å²) < 4.78 is 10.2. The summed E-state index contributed by atoms with van der Waals surface area (Å²) in [6.07, 6.45) is 0.383. The van der Waals surface area contributed by atoms with Crippen LogP contribution in [0.15, 0.2) is 12.1 Å². The van der Waals surface area contributed by atoms with Gasteiger partial charge in [-0.15, -0.1) is 0 Å². The SMILES string of the molecule is COc1cc(NC(=O)CCBr)c(OC)cc1Cl. The average molecular weight is 323 g/mol. The summed E-state index contributed by atoms with van der Waals surface area (Å²) >= 11 is 9.15. The number of rotatable bonds is 5. The lowest BCUT2D eigenvalue weighted by Gasteiger charge is -2.12. The van der Waals surface area contributed by atoms with Crippen LogP contribution in [0.3, 0.4) is 0 Å². The normalized spacial score (nSPS) is 9.88. The molecule has 0 atom stereocenters. The maximum atomic E-state index is 11.5. The third-order valence-corrected chi connectivity index (χ3v) is 2.76. The van der Waals surface area contributed by atoms with Crippen molar-refractivity contribution < 1.29 is 14.3 Å². The predicted octanol–water partition coefficient (Wildman–Crippen LogP) is 3.08. The van der Waals surface area contributed by atoms with Gasteiger partial charge in [-0.1, -0.05) is 27.5 Å². The van der Waals surface area contributed by atoms with Crippen LogP contribution in [0.1, 0.15) is 6.42 Å². The fraction of sp³-hybridized carbons (Fsp3) is 0.364. The zero-order valence-electron chi connectivity index (χ0n) is 9.55. The van der Waals surface area contributed by atoms with E-state index in [1.807, 2.05) is 0 Å². The number of methoxy groups -OCH3 is 2. The van der Waals surface area contributed by atoms with E-state index in [2.05, 4.69) is 21.2 Å². The standard InChI is InChI=1S/C11H13BrClNO3/c1-16-9-6-8(14-11(15)3-4-12)10(17-2)5-7(9)13/h5-6H,3-4H2,1-2H3,(H,14,15). The van der Waals surface area contributed by atoms with E-state index < -0.39 is 0 Å². The number of hydrogen-bond acceptors (Lipinski definition) is 3. The second-order valence-electron chi connectivity index (χ2n) is 3.17. The maximum absolute atomic E-state index is 11.5. The highest BCUT2D eigenvalue weighted by Crippen LogP contribution is 2.35. The topological polar surface area (TPSA) is 47.6 Å². The van der Waals surface area contributed by atoms with Crippen LogP contribution in [0, 0.1) is 0 Å². The fourth-order valence-corrected chi connectivity index (χ4v) is 1.85. The van der Waals surface area contributed by atoms with E-state index in [4.69, 9.17) is 21.1 Å². The van der Waals surface area contributed by atoms with Gasteiger partial charge in [-0.2, -0.15) is 0 Å². The molecule has 0 unspecified atom stereocenters. The lowest BCUT2D eigenvalue weighted by molar-refractivity contribution is -0.115. The summed E-state index contributed by atoms with van der Waals surface area (Å²) in [5.41, 5.74) is 0.541. The van der Waals surface area contributed by atoms with Crippen molar-refractivity contribution in [1.82, 2.24) is 0 Å². The average Bonchev–Trinajstić information content (AvgIpc) is 2.31. The molecule has 0 fully saturated rings. The highest BCUT2D eigenvalue weighted by atomic mass is 79.9. The Morgan fingerprint density at radius 2 is 2.00 bits per heavy atom. The lowest BCUT2D eigenvalue weighted by atomic mass is 10.2. The molecule has 0 saturated heterocycles. The number of alkyl halides is 1. The Morgan fingerprint density at radius 1 is 1.35 bits per heavy atom. The Balaban J connectivity index is 2.99. The molecular formula is C11H13BrClNO3. The Hall–Kier alpha value is -0.940. The van der Waals surface area contributed by atoms with Gasteiger partial charge in [0, 0.05) is 23.9 Å². The van der Waals surface area contributed by atoms with E-state index in [0.717, 1.165) is 0 Å². The molecule has 1 N–H and O–H groups in total. The van der Waals surface area contributed by atoms with Gasteiger partial charge in [0.05, 0.1) is 24.9 Å². The molecule has 0 heterocycles. The minimum atomic E-state index is -0.107. The molecule has 0 bridgehead atoms. The Kier molecular flexibility index (Phi) is 5.58. The van der Waals surface area contributed by atoms with E-state index in [1.54, 1.807) is 12.1 Å². The van der Waals surface area contributed by atoms with E-state index in [-0.39, 0.29) is 5.91 Å².